The Morgan fingerprint density at radius 1 is 1.21 bits per heavy atom. The molecule has 0 atom stereocenters. The van der Waals surface area contributed by atoms with Crippen molar-refractivity contribution in [2.75, 3.05) is 13.2 Å². The third-order valence-electron chi connectivity index (χ3n) is 4.19. The Morgan fingerprint density at radius 2 is 1.93 bits per heavy atom. The van der Waals surface area contributed by atoms with Gasteiger partial charge in [-0.15, -0.1) is 18.8 Å². The van der Waals surface area contributed by atoms with Crippen LogP contribution in [0, 0.1) is 17.8 Å². The lowest BCUT2D eigenvalue weighted by Crippen LogP contribution is -2.31. The highest BCUT2D eigenvalue weighted by Gasteiger charge is 2.21. The summed E-state index contributed by atoms with van der Waals surface area (Å²) >= 11 is 0. The van der Waals surface area contributed by atoms with Gasteiger partial charge in [0.05, 0.1) is 17.7 Å². The average molecular weight is 407 g/mol. The van der Waals surface area contributed by atoms with Gasteiger partial charge < -0.3 is 19.8 Å². The summed E-state index contributed by atoms with van der Waals surface area (Å²) in [4.78, 5) is 13.2. The fourth-order valence-electron chi connectivity index (χ4n) is 2.98. The molecule has 0 saturated heterocycles. The summed E-state index contributed by atoms with van der Waals surface area (Å²) in [5.74, 6) is 3.72. The lowest BCUT2D eigenvalue weighted by molar-refractivity contribution is 0.295. The van der Waals surface area contributed by atoms with Crippen LogP contribution in [0.1, 0.15) is 46.2 Å². The van der Waals surface area contributed by atoms with Crippen LogP contribution < -0.4 is 20.8 Å². The molecule has 0 bridgehead atoms. The number of aromatic nitrogens is 1. The summed E-state index contributed by atoms with van der Waals surface area (Å²) in [5.41, 5.74) is 6.64. The van der Waals surface area contributed by atoms with Crippen molar-refractivity contribution >= 4 is 23.2 Å². The van der Waals surface area contributed by atoms with Gasteiger partial charge in [0.1, 0.15) is 18.1 Å². The molecule has 0 aliphatic rings. The molecule has 6 heteroatoms. The molecule has 5 nitrogen and oxygen atoms in total. The number of hydrogen-bond acceptors (Lipinski definition) is 4. The summed E-state index contributed by atoms with van der Waals surface area (Å²) in [6, 6.07) is 5.35. The summed E-state index contributed by atoms with van der Waals surface area (Å²) in [6.07, 6.45) is 7.23. The third kappa shape index (κ3) is 5.67. The predicted octanol–water partition coefficient (Wildman–Crippen LogP) is 4.12. The Balaban J connectivity index is 0.00000392. The molecular formula is C22H31ClN2O3. The molecule has 0 fully saturated rings. The molecule has 1 aromatic carbocycles. The number of nitrogens with zero attached hydrogens (tertiary/aromatic N) is 1. The van der Waals surface area contributed by atoms with Gasteiger partial charge in [-0.05, 0) is 30.0 Å². The van der Waals surface area contributed by atoms with E-state index in [1.165, 1.54) is 0 Å². The number of benzene rings is 1. The fourth-order valence-corrected chi connectivity index (χ4v) is 2.98. The molecule has 0 aliphatic carbocycles. The van der Waals surface area contributed by atoms with Gasteiger partial charge in [0.25, 0.3) is 5.56 Å². The van der Waals surface area contributed by atoms with Crippen molar-refractivity contribution in [3.8, 4) is 23.8 Å². The van der Waals surface area contributed by atoms with Crippen LogP contribution in [-0.2, 0) is 13.1 Å². The van der Waals surface area contributed by atoms with E-state index in [0.29, 0.717) is 35.7 Å². The van der Waals surface area contributed by atoms with E-state index in [9.17, 15) is 4.79 Å². The second kappa shape index (κ2) is 10.4. The number of halogens is 1. The molecule has 28 heavy (non-hydrogen) atoms. The molecule has 0 amide bonds. The van der Waals surface area contributed by atoms with Crippen LogP contribution in [0.4, 0.5) is 0 Å². The SMILES string of the molecule is C#CCOc1ccc2c(=O)n(CC(C)(C)C)c(CN)c(OCCCC)c2c1.Cl. The molecule has 2 rings (SSSR count). The van der Waals surface area contributed by atoms with Crippen molar-refractivity contribution in [2.24, 2.45) is 11.1 Å². The quantitative estimate of drug-likeness (QED) is 0.529. The first-order chi connectivity index (χ1) is 12.8. The lowest BCUT2D eigenvalue weighted by Gasteiger charge is -2.25. The predicted molar refractivity (Wildman–Crippen MR) is 118 cm³/mol. The third-order valence-corrected chi connectivity index (χ3v) is 4.19. The molecule has 2 N–H and O–H groups in total. The van der Waals surface area contributed by atoms with E-state index in [4.69, 9.17) is 21.6 Å². The maximum atomic E-state index is 13.2. The van der Waals surface area contributed by atoms with Crippen molar-refractivity contribution in [1.82, 2.24) is 4.57 Å². The van der Waals surface area contributed by atoms with E-state index < -0.39 is 0 Å². The smallest absolute Gasteiger partial charge is 0.258 e. The average Bonchev–Trinajstić information content (AvgIpc) is 2.62. The van der Waals surface area contributed by atoms with Crippen LogP contribution in [0.2, 0.25) is 0 Å². The first kappa shape index (κ1) is 23.9. The highest BCUT2D eigenvalue weighted by atomic mass is 35.5. The Morgan fingerprint density at radius 3 is 2.50 bits per heavy atom. The van der Waals surface area contributed by atoms with E-state index in [0.717, 1.165) is 18.2 Å². The highest BCUT2D eigenvalue weighted by Crippen LogP contribution is 2.32. The van der Waals surface area contributed by atoms with Crippen molar-refractivity contribution in [2.45, 2.75) is 53.6 Å². The Hall–Kier alpha value is -2.16. The van der Waals surface area contributed by atoms with Gasteiger partial charge in [-0.3, -0.25) is 4.79 Å². The van der Waals surface area contributed by atoms with Gasteiger partial charge in [-0.2, -0.15) is 0 Å². The van der Waals surface area contributed by atoms with Crippen molar-refractivity contribution in [1.29, 1.82) is 0 Å². The minimum absolute atomic E-state index is 0. The van der Waals surface area contributed by atoms with Crippen molar-refractivity contribution in [3.63, 3.8) is 0 Å². The maximum Gasteiger partial charge on any atom is 0.258 e. The number of unbranched alkanes of at least 4 members (excludes halogenated alkanes) is 1. The molecule has 154 valence electrons. The maximum absolute atomic E-state index is 13.2. The topological polar surface area (TPSA) is 66.5 Å². The van der Waals surface area contributed by atoms with Gasteiger partial charge in [0, 0.05) is 18.5 Å². The lowest BCUT2D eigenvalue weighted by atomic mass is 9.96. The molecule has 0 unspecified atom stereocenters. The van der Waals surface area contributed by atoms with Crippen LogP contribution in [-0.4, -0.2) is 17.8 Å². The second-order valence-electron chi connectivity index (χ2n) is 7.83. The van der Waals surface area contributed by atoms with E-state index in [1.807, 2.05) is 6.07 Å². The molecule has 0 spiro atoms. The van der Waals surface area contributed by atoms with Crippen molar-refractivity contribution < 1.29 is 9.47 Å². The minimum atomic E-state index is -0.0715. The molecule has 0 radical (unpaired) electrons. The monoisotopic (exact) mass is 406 g/mol. The first-order valence-electron chi connectivity index (χ1n) is 9.41. The van der Waals surface area contributed by atoms with Gasteiger partial charge in [0.15, 0.2) is 0 Å². The number of pyridine rings is 1. The minimum Gasteiger partial charge on any atom is -0.491 e. The standard InChI is InChI=1S/C22H30N2O3.ClH/c1-6-8-12-27-20-18-13-16(26-11-7-2)9-10-17(18)21(25)24(19(20)14-23)15-22(3,4)5;/h2,9-10,13H,6,8,11-12,14-15,23H2,1,3-5H3;1H. The Bertz CT molecular complexity index is 892. The van der Waals surface area contributed by atoms with Gasteiger partial charge in [0.2, 0.25) is 0 Å². The van der Waals surface area contributed by atoms with Gasteiger partial charge >= 0.3 is 0 Å². The van der Waals surface area contributed by atoms with Crippen LogP contribution in [0.3, 0.4) is 0 Å². The number of hydrogen-bond donors (Lipinski definition) is 1. The first-order valence-corrected chi connectivity index (χ1v) is 9.41. The zero-order chi connectivity index (χ0) is 20.0. The number of nitrogens with two attached hydrogens (primary N) is 1. The molecule has 1 aromatic heterocycles. The summed E-state index contributed by atoms with van der Waals surface area (Å²) in [6.45, 7) is 9.92. The largest absolute Gasteiger partial charge is 0.491 e. The Labute approximate surface area is 173 Å². The van der Waals surface area contributed by atoms with E-state index >= 15 is 0 Å². The normalized spacial score (nSPS) is 11.0. The van der Waals surface area contributed by atoms with Crippen LogP contribution in [0.15, 0.2) is 23.0 Å². The van der Waals surface area contributed by atoms with E-state index in [1.54, 1.807) is 16.7 Å². The molecular weight excluding hydrogens is 376 g/mol. The molecule has 1 heterocycles. The van der Waals surface area contributed by atoms with Crippen molar-refractivity contribution in [3.05, 3.63) is 34.2 Å². The van der Waals surface area contributed by atoms with Gasteiger partial charge in [-0.25, -0.2) is 0 Å². The summed E-state index contributed by atoms with van der Waals surface area (Å²) in [7, 11) is 0. The highest BCUT2D eigenvalue weighted by molar-refractivity contribution is 5.89. The van der Waals surface area contributed by atoms with Crippen LogP contribution in [0.5, 0.6) is 11.5 Å². The zero-order valence-corrected chi connectivity index (χ0v) is 18.0. The second-order valence-corrected chi connectivity index (χ2v) is 7.83. The van der Waals surface area contributed by atoms with E-state index in [-0.39, 0.29) is 36.5 Å². The number of fused-ring (bicyclic) bond motifs is 1. The zero-order valence-electron chi connectivity index (χ0n) is 17.2. The number of ether oxygens (including phenoxy) is 2. The number of terminal acetylenes is 1. The number of rotatable bonds is 8. The molecule has 2 aromatic rings. The molecule has 0 saturated carbocycles. The summed E-state index contributed by atoms with van der Waals surface area (Å²) in [5, 5.41) is 1.31. The fraction of sp³-hybridized carbons (Fsp3) is 0.500. The van der Waals surface area contributed by atoms with Crippen LogP contribution >= 0.6 is 12.4 Å². The summed E-state index contributed by atoms with van der Waals surface area (Å²) < 4.78 is 13.4. The molecule has 0 aliphatic heterocycles. The Kier molecular flexibility index (Phi) is 8.87. The van der Waals surface area contributed by atoms with E-state index in [2.05, 4.69) is 33.6 Å². The van der Waals surface area contributed by atoms with Gasteiger partial charge in [-0.1, -0.05) is 40.0 Å². The van der Waals surface area contributed by atoms with Crippen LogP contribution in [0.25, 0.3) is 10.8 Å².